The summed E-state index contributed by atoms with van der Waals surface area (Å²) in [7, 11) is 0. The second-order valence-electron chi connectivity index (χ2n) is 6.92. The van der Waals surface area contributed by atoms with Gasteiger partial charge in [-0.2, -0.15) is 0 Å². The summed E-state index contributed by atoms with van der Waals surface area (Å²) >= 11 is 0. The van der Waals surface area contributed by atoms with Crippen molar-refractivity contribution in [3.63, 3.8) is 0 Å². The van der Waals surface area contributed by atoms with Gasteiger partial charge in [0, 0.05) is 12.3 Å². The van der Waals surface area contributed by atoms with Crippen LogP contribution in [0.3, 0.4) is 0 Å². The van der Waals surface area contributed by atoms with E-state index in [0.717, 1.165) is 43.9 Å². The fourth-order valence-corrected chi connectivity index (χ4v) is 3.64. The van der Waals surface area contributed by atoms with Crippen LogP contribution in [0.4, 0.5) is 0 Å². The van der Waals surface area contributed by atoms with Crippen LogP contribution in [0, 0.1) is 24.7 Å². The highest BCUT2D eigenvalue weighted by atomic mass is 16.1. The number of aryl methyl sites for hydroxylation is 2. The molecule has 110 valence electrons. The van der Waals surface area contributed by atoms with Gasteiger partial charge >= 0.3 is 0 Å². The quantitative estimate of drug-likeness (QED) is 0.740. The summed E-state index contributed by atoms with van der Waals surface area (Å²) < 4.78 is 0. The first-order valence-electron chi connectivity index (χ1n) is 8.13. The Kier molecular flexibility index (Phi) is 5.39. The molecule has 1 aromatic rings. The van der Waals surface area contributed by atoms with Crippen LogP contribution in [0.5, 0.6) is 0 Å². The normalized spacial score (nSPS) is 26.4. The van der Waals surface area contributed by atoms with Crippen molar-refractivity contribution in [3.8, 4) is 0 Å². The Balaban J connectivity index is 1.76. The standard InChI is InChI=1S/C19H28O/c1-14-7-9-17(10-8-14)5-4-6-19(20)18-12-15(2)11-16(3)13-18/h7-10,15-16,18H,4-6,11-13H2,1-3H3. The van der Waals surface area contributed by atoms with Crippen LogP contribution in [-0.4, -0.2) is 5.78 Å². The van der Waals surface area contributed by atoms with E-state index in [1.165, 1.54) is 17.5 Å². The first kappa shape index (κ1) is 15.3. The molecular formula is C19H28O. The first-order chi connectivity index (χ1) is 9.54. The van der Waals surface area contributed by atoms with E-state index in [0.29, 0.717) is 11.7 Å². The van der Waals surface area contributed by atoms with E-state index in [-0.39, 0.29) is 0 Å². The summed E-state index contributed by atoms with van der Waals surface area (Å²) in [6.45, 7) is 6.70. The summed E-state index contributed by atoms with van der Waals surface area (Å²) in [6, 6.07) is 8.68. The molecule has 0 heterocycles. The molecule has 0 aliphatic heterocycles. The fourth-order valence-electron chi connectivity index (χ4n) is 3.64. The van der Waals surface area contributed by atoms with Crippen molar-refractivity contribution in [1.29, 1.82) is 0 Å². The monoisotopic (exact) mass is 272 g/mol. The largest absolute Gasteiger partial charge is 0.299 e. The lowest BCUT2D eigenvalue weighted by Gasteiger charge is -2.30. The van der Waals surface area contributed by atoms with Gasteiger partial charge < -0.3 is 0 Å². The topological polar surface area (TPSA) is 17.1 Å². The van der Waals surface area contributed by atoms with E-state index in [2.05, 4.69) is 45.0 Å². The molecule has 2 atom stereocenters. The Labute approximate surface area is 123 Å². The molecule has 1 aliphatic rings. The van der Waals surface area contributed by atoms with Crippen LogP contribution in [0.25, 0.3) is 0 Å². The van der Waals surface area contributed by atoms with Crippen molar-refractivity contribution in [2.24, 2.45) is 17.8 Å². The Bertz CT molecular complexity index is 422. The van der Waals surface area contributed by atoms with Gasteiger partial charge in [0.05, 0.1) is 0 Å². The van der Waals surface area contributed by atoms with Crippen molar-refractivity contribution in [3.05, 3.63) is 35.4 Å². The Morgan fingerprint density at radius 2 is 1.65 bits per heavy atom. The van der Waals surface area contributed by atoms with Crippen LogP contribution in [-0.2, 0) is 11.2 Å². The van der Waals surface area contributed by atoms with Crippen LogP contribution < -0.4 is 0 Å². The third kappa shape index (κ3) is 4.47. The molecule has 0 spiro atoms. The number of Topliss-reactive ketones (excluding diaryl/α,β-unsaturated/α-hetero) is 1. The van der Waals surface area contributed by atoms with Gasteiger partial charge in [-0.25, -0.2) is 0 Å². The number of hydrogen-bond acceptors (Lipinski definition) is 1. The van der Waals surface area contributed by atoms with E-state index in [9.17, 15) is 4.79 Å². The number of rotatable bonds is 5. The van der Waals surface area contributed by atoms with Crippen molar-refractivity contribution in [2.75, 3.05) is 0 Å². The van der Waals surface area contributed by atoms with Crippen molar-refractivity contribution in [2.45, 2.75) is 59.3 Å². The lowest BCUT2D eigenvalue weighted by atomic mass is 9.74. The molecule has 0 bridgehead atoms. The number of hydrogen-bond donors (Lipinski definition) is 0. The number of carbonyl (C=O) groups excluding carboxylic acids is 1. The van der Waals surface area contributed by atoms with Gasteiger partial charge in [-0.05, 0) is 56.4 Å². The lowest BCUT2D eigenvalue weighted by molar-refractivity contribution is -0.124. The third-order valence-electron chi connectivity index (χ3n) is 4.64. The number of ketones is 1. The number of benzene rings is 1. The highest BCUT2D eigenvalue weighted by Crippen LogP contribution is 2.34. The maximum Gasteiger partial charge on any atom is 0.136 e. The highest BCUT2D eigenvalue weighted by molar-refractivity contribution is 5.81. The van der Waals surface area contributed by atoms with Crippen molar-refractivity contribution in [1.82, 2.24) is 0 Å². The van der Waals surface area contributed by atoms with Crippen LogP contribution in [0.15, 0.2) is 24.3 Å². The van der Waals surface area contributed by atoms with Gasteiger partial charge in [0.2, 0.25) is 0 Å². The molecule has 0 saturated heterocycles. The third-order valence-corrected chi connectivity index (χ3v) is 4.64. The molecule has 2 unspecified atom stereocenters. The summed E-state index contributed by atoms with van der Waals surface area (Å²) in [4.78, 5) is 12.3. The minimum absolute atomic E-state index is 0.340. The molecular weight excluding hydrogens is 244 g/mol. The molecule has 1 aromatic carbocycles. The zero-order valence-electron chi connectivity index (χ0n) is 13.2. The molecule has 0 N–H and O–H groups in total. The molecule has 1 saturated carbocycles. The molecule has 0 amide bonds. The molecule has 1 heteroatoms. The molecule has 0 radical (unpaired) electrons. The summed E-state index contributed by atoms with van der Waals surface area (Å²) in [5.41, 5.74) is 2.66. The zero-order chi connectivity index (χ0) is 14.5. The second-order valence-corrected chi connectivity index (χ2v) is 6.92. The molecule has 1 aliphatic carbocycles. The minimum Gasteiger partial charge on any atom is -0.299 e. The van der Waals surface area contributed by atoms with Gasteiger partial charge in [0.25, 0.3) is 0 Å². The first-order valence-corrected chi connectivity index (χ1v) is 8.13. The van der Waals surface area contributed by atoms with Crippen molar-refractivity contribution >= 4 is 5.78 Å². The van der Waals surface area contributed by atoms with E-state index in [1.807, 2.05) is 0 Å². The Hall–Kier alpha value is -1.11. The summed E-state index contributed by atoms with van der Waals surface area (Å²) in [6.07, 6.45) is 6.33. The van der Waals surface area contributed by atoms with Crippen molar-refractivity contribution < 1.29 is 4.79 Å². The van der Waals surface area contributed by atoms with Gasteiger partial charge in [-0.15, -0.1) is 0 Å². The van der Waals surface area contributed by atoms with E-state index in [1.54, 1.807) is 0 Å². The Morgan fingerprint density at radius 1 is 1.05 bits per heavy atom. The molecule has 20 heavy (non-hydrogen) atoms. The van der Waals surface area contributed by atoms with E-state index < -0.39 is 0 Å². The van der Waals surface area contributed by atoms with E-state index >= 15 is 0 Å². The van der Waals surface area contributed by atoms with Gasteiger partial charge in [0.15, 0.2) is 0 Å². The molecule has 1 fully saturated rings. The Morgan fingerprint density at radius 3 is 2.25 bits per heavy atom. The lowest BCUT2D eigenvalue weighted by Crippen LogP contribution is -2.26. The molecule has 1 nitrogen and oxygen atoms in total. The van der Waals surface area contributed by atoms with E-state index in [4.69, 9.17) is 0 Å². The van der Waals surface area contributed by atoms with Crippen LogP contribution >= 0.6 is 0 Å². The van der Waals surface area contributed by atoms with Crippen LogP contribution in [0.1, 0.15) is 57.1 Å². The van der Waals surface area contributed by atoms with Crippen LogP contribution in [0.2, 0.25) is 0 Å². The SMILES string of the molecule is Cc1ccc(CCCC(=O)C2CC(C)CC(C)C2)cc1. The second kappa shape index (κ2) is 7.06. The molecule has 0 aromatic heterocycles. The zero-order valence-corrected chi connectivity index (χ0v) is 13.2. The predicted octanol–water partition coefficient (Wildman–Crippen LogP) is 4.96. The minimum atomic E-state index is 0.340. The van der Waals surface area contributed by atoms with Gasteiger partial charge in [-0.1, -0.05) is 43.7 Å². The average molecular weight is 272 g/mol. The van der Waals surface area contributed by atoms with Gasteiger partial charge in [-0.3, -0.25) is 4.79 Å². The molecule has 2 rings (SSSR count). The summed E-state index contributed by atoms with van der Waals surface area (Å²) in [5, 5.41) is 0. The number of carbonyl (C=O) groups is 1. The highest BCUT2D eigenvalue weighted by Gasteiger charge is 2.28. The average Bonchev–Trinajstić information content (AvgIpc) is 2.40. The summed E-state index contributed by atoms with van der Waals surface area (Å²) in [5.74, 6) is 2.30. The maximum absolute atomic E-state index is 12.3. The fraction of sp³-hybridized carbons (Fsp3) is 0.632. The van der Waals surface area contributed by atoms with Gasteiger partial charge in [0.1, 0.15) is 5.78 Å². The smallest absolute Gasteiger partial charge is 0.136 e. The predicted molar refractivity (Wildman–Crippen MR) is 84.8 cm³/mol. The maximum atomic E-state index is 12.3.